The predicted molar refractivity (Wildman–Crippen MR) is 122 cm³/mol. The van der Waals surface area contributed by atoms with E-state index in [2.05, 4.69) is 59.8 Å². The summed E-state index contributed by atoms with van der Waals surface area (Å²) in [4.78, 5) is 25.5. The molecule has 0 aliphatic rings. The van der Waals surface area contributed by atoms with Crippen molar-refractivity contribution >= 4 is 30.4 Å². The third kappa shape index (κ3) is 4.41. The van der Waals surface area contributed by atoms with Crippen LogP contribution in [0.3, 0.4) is 0 Å². The third-order valence-corrected chi connectivity index (χ3v) is 13.2. The fraction of sp³-hybridized carbons (Fsp3) is 0.500. The Morgan fingerprint density at radius 3 is 1.89 bits per heavy atom. The highest BCUT2D eigenvalue weighted by molar-refractivity contribution is 6.99. The van der Waals surface area contributed by atoms with Gasteiger partial charge in [-0.1, -0.05) is 77.1 Å². The van der Waals surface area contributed by atoms with Crippen LogP contribution >= 0.6 is 0 Å². The van der Waals surface area contributed by atoms with Gasteiger partial charge in [-0.3, -0.25) is 9.03 Å². The second-order valence-corrected chi connectivity index (χ2v) is 24.7. The summed E-state index contributed by atoms with van der Waals surface area (Å²) in [5.74, 6) is 0. The molecule has 2 rings (SSSR count). The summed E-state index contributed by atoms with van der Waals surface area (Å²) >= 11 is 0. The Hall–Kier alpha value is -1.72. The van der Waals surface area contributed by atoms with Gasteiger partial charge in [0.05, 0.1) is 0 Å². The second-order valence-electron chi connectivity index (χ2n) is 9.88. The molecule has 27 heavy (non-hydrogen) atoms. The number of nitrogens with one attached hydrogen (secondary N) is 1. The van der Waals surface area contributed by atoms with Crippen molar-refractivity contribution in [3.8, 4) is 11.3 Å². The lowest BCUT2D eigenvalue weighted by Crippen LogP contribution is -2.59. The zero-order chi connectivity index (χ0) is 20.8. The van der Waals surface area contributed by atoms with Crippen molar-refractivity contribution in [2.24, 2.45) is 0 Å². The van der Waals surface area contributed by atoms with Gasteiger partial charge in [0.1, 0.15) is 16.5 Å². The van der Waals surface area contributed by atoms with Gasteiger partial charge in [-0.25, -0.2) is 9.89 Å². The fourth-order valence-corrected chi connectivity index (χ4v) is 15.0. The van der Waals surface area contributed by atoms with Crippen LogP contribution in [0.4, 0.5) is 5.69 Å². The number of nitrogens with zero attached hydrogens (tertiary/aromatic N) is 3. The molecule has 0 fully saturated rings. The molecule has 1 aromatic heterocycles. The first-order valence-electron chi connectivity index (χ1n) is 9.27. The largest absolute Gasteiger partial charge is 0.424 e. The number of H-pyrrole nitrogens is 1. The molecule has 2 aromatic rings. The van der Waals surface area contributed by atoms with Gasteiger partial charge in [-0.05, 0) is 6.07 Å². The van der Waals surface area contributed by atoms with Crippen LogP contribution in [0.5, 0.6) is 0 Å². The number of rotatable bonds is 5. The highest BCUT2D eigenvalue weighted by Gasteiger charge is 2.36. The number of aromatic amines is 1. The molecule has 0 aliphatic carbocycles. The molecule has 9 heteroatoms. The SMILES string of the molecule is C[Si](C)(C)N(c1ccccc1-c1n[nH]c(=O)n([Si](C)(C)C)c1=O)[Si](C)(C)C. The highest BCUT2D eigenvalue weighted by Crippen LogP contribution is 2.34. The summed E-state index contributed by atoms with van der Waals surface area (Å²) in [5.41, 5.74) is 1.46. The lowest BCUT2D eigenvalue weighted by Gasteiger charge is -2.46. The molecule has 0 aliphatic heterocycles. The van der Waals surface area contributed by atoms with Crippen LogP contribution < -0.4 is 15.5 Å². The number of benzene rings is 1. The Balaban J connectivity index is 2.85. The Kier molecular flexibility index (Phi) is 5.61. The summed E-state index contributed by atoms with van der Waals surface area (Å²) in [5, 5.41) is 6.74. The molecule has 0 spiro atoms. The van der Waals surface area contributed by atoms with E-state index in [9.17, 15) is 9.59 Å². The molecule has 1 aromatic carbocycles. The lowest BCUT2D eigenvalue weighted by atomic mass is 10.1. The smallest absolute Gasteiger partial charge is 0.336 e. The van der Waals surface area contributed by atoms with E-state index in [1.54, 1.807) is 0 Å². The van der Waals surface area contributed by atoms with Gasteiger partial charge in [0, 0.05) is 11.3 Å². The number of aromatic nitrogens is 3. The van der Waals surface area contributed by atoms with Crippen LogP contribution in [0.25, 0.3) is 11.3 Å². The average molecular weight is 421 g/mol. The van der Waals surface area contributed by atoms with Crippen LogP contribution in [0.1, 0.15) is 0 Å². The normalized spacial score (nSPS) is 12.9. The average Bonchev–Trinajstić information content (AvgIpc) is 2.44. The van der Waals surface area contributed by atoms with Gasteiger partial charge >= 0.3 is 5.69 Å². The fourth-order valence-electron chi connectivity index (χ4n) is 3.78. The molecule has 0 atom stereocenters. The van der Waals surface area contributed by atoms with Gasteiger partial charge < -0.3 is 4.23 Å². The van der Waals surface area contributed by atoms with Crippen molar-refractivity contribution in [1.29, 1.82) is 0 Å². The minimum atomic E-state index is -2.18. The molecule has 148 valence electrons. The Bertz CT molecular complexity index is 933. The lowest BCUT2D eigenvalue weighted by molar-refractivity contribution is 0.834. The van der Waals surface area contributed by atoms with E-state index in [1.807, 2.05) is 37.8 Å². The predicted octanol–water partition coefficient (Wildman–Crippen LogP) is 3.76. The highest BCUT2D eigenvalue weighted by atomic mass is 28.4. The maximum Gasteiger partial charge on any atom is 0.336 e. The number of anilines is 1. The van der Waals surface area contributed by atoms with Gasteiger partial charge in [0.2, 0.25) is 0 Å². The van der Waals surface area contributed by atoms with E-state index in [-0.39, 0.29) is 5.56 Å². The number of hydrogen-bond donors (Lipinski definition) is 1. The minimum Gasteiger partial charge on any atom is -0.424 e. The Morgan fingerprint density at radius 2 is 1.41 bits per heavy atom. The molecular formula is C18H32N4O2Si3. The maximum atomic E-state index is 13.2. The minimum absolute atomic E-state index is 0.295. The van der Waals surface area contributed by atoms with E-state index in [0.29, 0.717) is 5.69 Å². The molecule has 1 heterocycles. The molecule has 0 bridgehead atoms. The van der Waals surface area contributed by atoms with E-state index in [4.69, 9.17) is 0 Å². The van der Waals surface area contributed by atoms with E-state index in [0.717, 1.165) is 11.3 Å². The van der Waals surface area contributed by atoms with Crippen LogP contribution in [-0.2, 0) is 0 Å². The third-order valence-electron chi connectivity index (χ3n) is 4.28. The van der Waals surface area contributed by atoms with Crippen molar-refractivity contribution in [2.75, 3.05) is 4.23 Å². The first kappa shape index (κ1) is 21.6. The zero-order valence-electron chi connectivity index (χ0n) is 18.0. The van der Waals surface area contributed by atoms with Gasteiger partial charge in [-0.15, -0.1) is 0 Å². The summed E-state index contributed by atoms with van der Waals surface area (Å²) in [7, 11) is -5.60. The molecule has 0 unspecified atom stereocenters. The number of hydrogen-bond acceptors (Lipinski definition) is 4. The first-order valence-corrected chi connectivity index (χ1v) is 19.6. The molecular weight excluding hydrogens is 388 g/mol. The van der Waals surface area contributed by atoms with Crippen LogP contribution in [0.2, 0.25) is 58.9 Å². The van der Waals surface area contributed by atoms with E-state index < -0.39 is 30.4 Å². The quantitative estimate of drug-likeness (QED) is 0.748. The second kappa shape index (κ2) is 7.03. The van der Waals surface area contributed by atoms with Crippen molar-refractivity contribution in [2.45, 2.75) is 58.9 Å². The van der Waals surface area contributed by atoms with Gasteiger partial charge in [0.15, 0.2) is 13.9 Å². The molecule has 0 saturated carbocycles. The number of para-hydroxylation sites is 1. The van der Waals surface area contributed by atoms with Crippen LogP contribution in [0, 0.1) is 0 Å². The van der Waals surface area contributed by atoms with Crippen molar-refractivity contribution in [3.05, 3.63) is 45.1 Å². The summed E-state index contributed by atoms with van der Waals surface area (Å²) in [6.07, 6.45) is 0. The first-order chi connectivity index (χ1) is 12.2. The van der Waals surface area contributed by atoms with Crippen LogP contribution in [0.15, 0.2) is 33.9 Å². The van der Waals surface area contributed by atoms with Crippen molar-refractivity contribution in [3.63, 3.8) is 0 Å². The van der Waals surface area contributed by atoms with E-state index >= 15 is 0 Å². The molecule has 0 amide bonds. The zero-order valence-corrected chi connectivity index (χ0v) is 21.0. The molecule has 0 radical (unpaired) electrons. The molecule has 0 saturated heterocycles. The maximum absolute atomic E-state index is 13.2. The monoisotopic (exact) mass is 420 g/mol. The Labute approximate surface area is 164 Å². The van der Waals surface area contributed by atoms with E-state index in [1.165, 1.54) is 4.23 Å². The Morgan fingerprint density at radius 1 is 0.889 bits per heavy atom. The van der Waals surface area contributed by atoms with Crippen molar-refractivity contribution < 1.29 is 0 Å². The van der Waals surface area contributed by atoms with Gasteiger partial charge in [0.25, 0.3) is 5.56 Å². The molecule has 1 N–H and O–H groups in total. The summed E-state index contributed by atoms with van der Waals surface area (Å²) < 4.78 is 3.96. The summed E-state index contributed by atoms with van der Waals surface area (Å²) in [6, 6.07) is 7.96. The standard InChI is InChI=1S/C18H32N4O2Si3/c1-25(2,3)21-17(23)16(19-20-18(21)24)14-12-10-11-13-15(14)22(26(4,5)6)27(7,8)9/h10-13H,1-9H3,(H,20,24). The molecule has 6 nitrogen and oxygen atoms in total. The topological polar surface area (TPSA) is 71.0 Å². The van der Waals surface area contributed by atoms with Gasteiger partial charge in [-0.2, -0.15) is 5.10 Å². The van der Waals surface area contributed by atoms with Crippen molar-refractivity contribution in [1.82, 2.24) is 14.4 Å². The van der Waals surface area contributed by atoms with Crippen LogP contribution in [-0.4, -0.2) is 39.1 Å². The summed E-state index contributed by atoms with van der Waals surface area (Å²) in [6.45, 7) is 19.9.